The maximum atomic E-state index is 13.0. The number of hydrogen-bond acceptors (Lipinski definition) is 4. The molecule has 1 saturated heterocycles. The molecular weight excluding hydrogens is 564 g/mol. The smallest absolute Gasteiger partial charge is 0.242 e. The molecule has 0 saturated carbocycles. The summed E-state index contributed by atoms with van der Waals surface area (Å²) in [7, 11) is 0. The summed E-state index contributed by atoms with van der Waals surface area (Å²) in [5, 5.41) is 22.7. The van der Waals surface area contributed by atoms with E-state index in [1.54, 1.807) is 0 Å². The van der Waals surface area contributed by atoms with E-state index >= 15 is 0 Å². The molecule has 1 fully saturated rings. The van der Waals surface area contributed by atoms with Crippen molar-refractivity contribution in [3.8, 4) is 0 Å². The lowest BCUT2D eigenvalue weighted by molar-refractivity contribution is -0.290. The second-order valence-corrected chi connectivity index (χ2v) is 15.1. The molecular formula is C37H71N4O4. The van der Waals surface area contributed by atoms with Crippen molar-refractivity contribution in [1.29, 1.82) is 0 Å². The maximum Gasteiger partial charge on any atom is 0.242 e. The Morgan fingerprint density at radius 2 is 1.11 bits per heavy atom. The Labute approximate surface area is 277 Å². The molecule has 0 aromatic rings. The highest BCUT2D eigenvalue weighted by molar-refractivity contribution is 5.89. The molecule has 1 rings (SSSR count). The third-order valence-electron chi connectivity index (χ3n) is 9.68. The van der Waals surface area contributed by atoms with Crippen LogP contribution in [0, 0.1) is 5.92 Å². The summed E-state index contributed by atoms with van der Waals surface area (Å²) in [5.74, 6) is -0.635. The lowest BCUT2D eigenvalue weighted by Gasteiger charge is -2.50. The van der Waals surface area contributed by atoms with Crippen molar-refractivity contribution in [3.05, 3.63) is 0 Å². The summed E-state index contributed by atoms with van der Waals surface area (Å²) >= 11 is 0. The lowest BCUT2D eigenvalue weighted by atomic mass is 9.79. The Balaban J connectivity index is 2.20. The van der Waals surface area contributed by atoms with E-state index in [2.05, 4.69) is 22.9 Å². The zero-order valence-corrected chi connectivity index (χ0v) is 30.4. The summed E-state index contributed by atoms with van der Waals surface area (Å²) in [4.78, 5) is 38.3. The van der Waals surface area contributed by atoms with E-state index in [0.29, 0.717) is 19.4 Å². The maximum absolute atomic E-state index is 13.0. The molecule has 2 atom stereocenters. The molecule has 3 N–H and O–H groups in total. The number of nitrogens with zero attached hydrogens (tertiary/aromatic N) is 1. The first-order valence-electron chi connectivity index (χ1n) is 18.7. The van der Waals surface area contributed by atoms with Gasteiger partial charge in [0.05, 0.1) is 0 Å². The Kier molecular flexibility index (Phi) is 20.9. The fraction of sp³-hybridized carbons (Fsp3) is 0.919. The van der Waals surface area contributed by atoms with E-state index in [9.17, 15) is 19.6 Å². The molecule has 1 aliphatic rings. The summed E-state index contributed by atoms with van der Waals surface area (Å²) < 4.78 is 0. The van der Waals surface area contributed by atoms with Gasteiger partial charge in [-0.3, -0.25) is 14.4 Å². The van der Waals surface area contributed by atoms with E-state index < -0.39 is 17.1 Å². The molecule has 0 bridgehead atoms. The van der Waals surface area contributed by atoms with Crippen LogP contribution in [0.3, 0.4) is 0 Å². The van der Waals surface area contributed by atoms with Gasteiger partial charge in [-0.05, 0) is 52.9 Å². The second kappa shape index (κ2) is 22.8. The van der Waals surface area contributed by atoms with Gasteiger partial charge in [0.15, 0.2) is 0 Å². The zero-order valence-electron chi connectivity index (χ0n) is 30.4. The van der Waals surface area contributed by atoms with Gasteiger partial charge in [0, 0.05) is 36.5 Å². The highest BCUT2D eigenvalue weighted by Gasteiger charge is 2.46. The number of carbonyl (C=O) groups is 3. The summed E-state index contributed by atoms with van der Waals surface area (Å²) in [6, 6.07) is -0.714. The Hall–Kier alpha value is -1.67. The van der Waals surface area contributed by atoms with Crippen LogP contribution in [-0.4, -0.2) is 52.5 Å². The molecule has 0 spiro atoms. The summed E-state index contributed by atoms with van der Waals surface area (Å²) in [6.45, 7) is 14.5. The highest BCUT2D eigenvalue weighted by atomic mass is 16.5. The molecule has 1 heterocycles. The van der Waals surface area contributed by atoms with Crippen molar-refractivity contribution >= 4 is 17.7 Å². The van der Waals surface area contributed by atoms with Gasteiger partial charge in [0.25, 0.3) is 0 Å². The largest absolute Gasteiger partial charge is 0.354 e. The van der Waals surface area contributed by atoms with E-state index in [-0.39, 0.29) is 42.5 Å². The fourth-order valence-electron chi connectivity index (χ4n) is 6.83. The highest BCUT2D eigenvalue weighted by Crippen LogP contribution is 2.37. The van der Waals surface area contributed by atoms with Crippen molar-refractivity contribution in [1.82, 2.24) is 21.0 Å². The lowest BCUT2D eigenvalue weighted by Crippen LogP contribution is -2.62. The molecule has 0 aromatic heterocycles. The number of nitrogens with one attached hydrogen (secondary N) is 3. The van der Waals surface area contributed by atoms with Gasteiger partial charge in [-0.1, -0.05) is 124 Å². The van der Waals surface area contributed by atoms with E-state index in [4.69, 9.17) is 0 Å². The van der Waals surface area contributed by atoms with Gasteiger partial charge in [-0.25, -0.2) is 0 Å². The number of hydrogen-bond donors (Lipinski definition) is 3. The number of piperidine rings is 1. The molecule has 45 heavy (non-hydrogen) atoms. The van der Waals surface area contributed by atoms with Gasteiger partial charge < -0.3 is 16.0 Å². The van der Waals surface area contributed by atoms with E-state index in [1.807, 2.05) is 41.5 Å². The van der Waals surface area contributed by atoms with Gasteiger partial charge >= 0.3 is 0 Å². The average Bonchev–Trinajstić information content (AvgIpc) is 2.98. The number of carbonyl (C=O) groups excluding carboxylic acids is 3. The second-order valence-electron chi connectivity index (χ2n) is 15.1. The molecule has 3 amide bonds. The van der Waals surface area contributed by atoms with Crippen LogP contribution in [0.25, 0.3) is 0 Å². The minimum absolute atomic E-state index is 0.00434. The van der Waals surface area contributed by atoms with Crippen molar-refractivity contribution in [2.75, 3.05) is 6.54 Å². The van der Waals surface area contributed by atoms with Crippen LogP contribution in [0.5, 0.6) is 0 Å². The molecule has 1 aliphatic heterocycles. The van der Waals surface area contributed by atoms with Crippen LogP contribution >= 0.6 is 0 Å². The van der Waals surface area contributed by atoms with Crippen LogP contribution in [-0.2, 0) is 19.6 Å². The molecule has 0 aliphatic carbocycles. The minimum atomic E-state index is -0.602. The van der Waals surface area contributed by atoms with E-state index in [1.165, 1.54) is 89.9 Å². The summed E-state index contributed by atoms with van der Waals surface area (Å²) in [5.41, 5.74) is -1.14. The first kappa shape index (κ1) is 41.4. The normalized spacial score (nSPS) is 17.9. The Morgan fingerprint density at radius 1 is 0.689 bits per heavy atom. The molecule has 8 nitrogen and oxygen atoms in total. The SMILES string of the molecule is CCCCCCCCCCCCCCCCCCNC(=O)[C@@H](NC(=O)CCC(=O)NC1CC(C)(C)N([O])C(C)(C)C1)[C@@H](C)CC. The number of amides is 3. The fourth-order valence-corrected chi connectivity index (χ4v) is 6.83. The third kappa shape index (κ3) is 17.7. The monoisotopic (exact) mass is 636 g/mol. The molecule has 1 radical (unpaired) electrons. The zero-order chi connectivity index (χ0) is 33.7. The molecule has 263 valence electrons. The van der Waals surface area contributed by atoms with Gasteiger partial charge in [0.2, 0.25) is 17.7 Å². The number of unbranched alkanes of at least 4 members (excludes halogenated alkanes) is 15. The first-order chi connectivity index (χ1) is 21.3. The Morgan fingerprint density at radius 3 is 1.56 bits per heavy atom. The number of hydroxylamine groups is 2. The first-order valence-corrected chi connectivity index (χ1v) is 18.7. The van der Waals surface area contributed by atoms with Crippen molar-refractivity contribution < 1.29 is 19.6 Å². The predicted octanol–water partition coefficient (Wildman–Crippen LogP) is 8.16. The Bertz CT molecular complexity index is 813. The predicted molar refractivity (Wildman–Crippen MR) is 185 cm³/mol. The van der Waals surface area contributed by atoms with Crippen LogP contribution in [0.4, 0.5) is 0 Å². The average molecular weight is 636 g/mol. The van der Waals surface area contributed by atoms with Gasteiger partial charge in [0.1, 0.15) is 6.04 Å². The summed E-state index contributed by atoms with van der Waals surface area (Å²) in [6.07, 6.45) is 23.0. The van der Waals surface area contributed by atoms with Crippen molar-refractivity contribution in [2.24, 2.45) is 5.92 Å². The van der Waals surface area contributed by atoms with Crippen molar-refractivity contribution in [2.45, 2.75) is 206 Å². The van der Waals surface area contributed by atoms with Crippen LogP contribution in [0.2, 0.25) is 0 Å². The molecule has 8 heteroatoms. The third-order valence-corrected chi connectivity index (χ3v) is 9.68. The van der Waals surface area contributed by atoms with Crippen LogP contribution in [0.1, 0.15) is 183 Å². The molecule has 0 unspecified atom stereocenters. The van der Waals surface area contributed by atoms with Crippen LogP contribution in [0.15, 0.2) is 0 Å². The topological polar surface area (TPSA) is 110 Å². The van der Waals surface area contributed by atoms with Gasteiger partial charge in [-0.2, -0.15) is 0 Å². The van der Waals surface area contributed by atoms with E-state index in [0.717, 1.165) is 24.3 Å². The minimum Gasteiger partial charge on any atom is -0.354 e. The quantitative estimate of drug-likeness (QED) is 0.0879. The number of rotatable bonds is 25. The standard InChI is InChI=1S/C37H71N4O4/c1-8-10-11-12-13-14-15-16-17-18-19-20-21-22-23-24-27-38-35(44)34(30(3)9-2)40-33(43)26-25-32(42)39-31-28-36(4,5)41(45)37(6,7)29-31/h30-31,34H,8-29H2,1-7H3,(H,38,44)(H,39,42)(H,40,43)/t30-,34-/m0/s1. The van der Waals surface area contributed by atoms with Gasteiger partial charge in [-0.15, -0.1) is 10.3 Å². The van der Waals surface area contributed by atoms with Crippen molar-refractivity contribution in [3.63, 3.8) is 0 Å². The van der Waals surface area contributed by atoms with Crippen LogP contribution < -0.4 is 16.0 Å². The molecule has 0 aromatic carbocycles.